The molecule has 0 aromatic carbocycles. The van der Waals surface area contributed by atoms with Gasteiger partial charge in [0.25, 0.3) is 5.56 Å². The molecule has 8 heteroatoms. The third kappa shape index (κ3) is 4.33. The minimum Gasteiger partial charge on any atom is -0.337 e. The number of rotatable bonds is 7. The van der Waals surface area contributed by atoms with E-state index in [1.807, 2.05) is 13.8 Å². The van der Waals surface area contributed by atoms with E-state index in [9.17, 15) is 14.9 Å². The molecule has 0 saturated heterocycles. The van der Waals surface area contributed by atoms with Crippen molar-refractivity contribution in [2.45, 2.75) is 64.2 Å². The van der Waals surface area contributed by atoms with Crippen LogP contribution in [0.1, 0.15) is 44.6 Å². The maximum Gasteiger partial charge on any atom is 0.263 e. The molecular weight excluding hydrogens is 416 g/mol. The van der Waals surface area contributed by atoms with E-state index in [0.717, 1.165) is 35.0 Å². The Morgan fingerprint density at radius 1 is 1.57 bits per heavy atom. The molecule has 0 radical (unpaired) electrons. The molecule has 2 aromatic rings. The fourth-order valence-electron chi connectivity index (χ4n) is 3.56. The normalized spacial score (nSPS) is 17.9. The van der Waals surface area contributed by atoms with Gasteiger partial charge in [-0.1, -0.05) is 38.6 Å². The first kappa shape index (κ1) is 22.6. The van der Waals surface area contributed by atoms with Crippen LogP contribution in [0, 0.1) is 23.2 Å². The van der Waals surface area contributed by atoms with E-state index in [4.69, 9.17) is 4.98 Å². The molecule has 1 aliphatic carbocycles. The molecule has 0 fully saturated rings. The summed E-state index contributed by atoms with van der Waals surface area (Å²) < 4.78 is 1.60. The zero-order valence-corrected chi connectivity index (χ0v) is 19.6. The Balaban J connectivity index is 1.91. The first-order valence-corrected chi connectivity index (χ1v) is 12.0. The monoisotopic (exact) mass is 444 g/mol. The van der Waals surface area contributed by atoms with Crippen molar-refractivity contribution in [3.8, 4) is 6.07 Å². The summed E-state index contributed by atoms with van der Waals surface area (Å²) in [5.41, 5.74) is 0.164. The van der Waals surface area contributed by atoms with Gasteiger partial charge in [0.2, 0.25) is 5.91 Å². The van der Waals surface area contributed by atoms with Crippen molar-refractivity contribution in [2.75, 3.05) is 5.75 Å². The summed E-state index contributed by atoms with van der Waals surface area (Å²) in [5, 5.41) is 13.5. The van der Waals surface area contributed by atoms with E-state index in [0.29, 0.717) is 17.6 Å². The molecule has 2 heterocycles. The van der Waals surface area contributed by atoms with Gasteiger partial charge >= 0.3 is 0 Å². The van der Waals surface area contributed by atoms with Crippen molar-refractivity contribution in [3.63, 3.8) is 0 Å². The lowest BCUT2D eigenvalue weighted by atomic mass is 9.89. The fourth-order valence-corrected chi connectivity index (χ4v) is 5.79. The van der Waals surface area contributed by atoms with Gasteiger partial charge in [-0.3, -0.25) is 14.2 Å². The molecule has 1 amide bonds. The van der Waals surface area contributed by atoms with Crippen molar-refractivity contribution < 1.29 is 4.79 Å². The molecule has 160 valence electrons. The van der Waals surface area contributed by atoms with E-state index < -0.39 is 5.54 Å². The third-order valence-corrected chi connectivity index (χ3v) is 7.93. The van der Waals surface area contributed by atoms with Crippen LogP contribution in [-0.2, 0) is 24.2 Å². The van der Waals surface area contributed by atoms with E-state index in [-0.39, 0.29) is 23.1 Å². The number of nitriles is 1. The van der Waals surface area contributed by atoms with Crippen LogP contribution in [0.4, 0.5) is 0 Å². The van der Waals surface area contributed by atoms with Crippen molar-refractivity contribution in [2.24, 2.45) is 11.8 Å². The molecule has 30 heavy (non-hydrogen) atoms. The largest absolute Gasteiger partial charge is 0.337 e. The minimum atomic E-state index is -0.931. The van der Waals surface area contributed by atoms with Gasteiger partial charge in [-0.05, 0) is 43.6 Å². The van der Waals surface area contributed by atoms with E-state index in [2.05, 4.69) is 24.9 Å². The first-order valence-electron chi connectivity index (χ1n) is 10.2. The van der Waals surface area contributed by atoms with Crippen molar-refractivity contribution >= 4 is 39.2 Å². The Labute approximate surface area is 185 Å². The second kappa shape index (κ2) is 8.94. The summed E-state index contributed by atoms with van der Waals surface area (Å²) in [6.45, 7) is 11.9. The van der Waals surface area contributed by atoms with Gasteiger partial charge in [0.1, 0.15) is 10.4 Å². The van der Waals surface area contributed by atoms with Gasteiger partial charge in [-0.15, -0.1) is 17.9 Å². The molecule has 0 unspecified atom stereocenters. The van der Waals surface area contributed by atoms with Crippen molar-refractivity contribution in [1.82, 2.24) is 14.9 Å². The number of fused-ring (bicyclic) bond motifs is 3. The standard InChI is InChI=1S/C22H28N4O2S2/c1-6-9-26-20(28)18-15-8-7-14(4)10-16(15)30-19(18)24-21(26)29-11-17(27)25-22(5,12-23)13(2)3/h6,13-14H,1,7-11H2,2-5H3,(H,25,27)/t14-,22+/m1/s1. The first-order chi connectivity index (χ1) is 14.2. The number of aromatic nitrogens is 2. The number of thiophene rings is 1. The zero-order chi connectivity index (χ0) is 22.1. The van der Waals surface area contributed by atoms with Gasteiger partial charge < -0.3 is 5.32 Å². The van der Waals surface area contributed by atoms with Crippen LogP contribution in [-0.4, -0.2) is 26.8 Å². The predicted molar refractivity (Wildman–Crippen MR) is 123 cm³/mol. The maximum absolute atomic E-state index is 13.3. The molecule has 0 spiro atoms. The van der Waals surface area contributed by atoms with Gasteiger partial charge in [-0.2, -0.15) is 5.26 Å². The lowest BCUT2D eigenvalue weighted by Gasteiger charge is -2.27. The van der Waals surface area contributed by atoms with Crippen molar-refractivity contribution in [1.29, 1.82) is 5.26 Å². The van der Waals surface area contributed by atoms with Gasteiger partial charge in [0.15, 0.2) is 5.16 Å². The maximum atomic E-state index is 13.3. The highest BCUT2D eigenvalue weighted by atomic mass is 32.2. The summed E-state index contributed by atoms with van der Waals surface area (Å²) in [6.07, 6.45) is 4.66. The Bertz CT molecular complexity index is 1080. The SMILES string of the molecule is C=CCn1c(SCC(=O)N[C@@](C)(C#N)C(C)C)nc2sc3c(c2c1=O)CC[C@@H](C)C3. The average molecular weight is 445 g/mol. The fraction of sp³-hybridized carbons (Fsp3) is 0.545. The van der Waals surface area contributed by atoms with Crippen LogP contribution in [0.15, 0.2) is 22.6 Å². The number of aryl methyl sites for hydroxylation is 1. The molecule has 1 N–H and O–H groups in total. The molecule has 0 bridgehead atoms. The van der Waals surface area contributed by atoms with Crippen LogP contribution in [0.3, 0.4) is 0 Å². The highest BCUT2D eigenvalue weighted by molar-refractivity contribution is 7.99. The highest BCUT2D eigenvalue weighted by Crippen LogP contribution is 2.36. The average Bonchev–Trinajstić information content (AvgIpc) is 3.05. The molecule has 0 aliphatic heterocycles. The predicted octanol–water partition coefficient (Wildman–Crippen LogP) is 3.92. The number of thioether (sulfide) groups is 1. The van der Waals surface area contributed by atoms with Crippen molar-refractivity contribution in [3.05, 3.63) is 33.4 Å². The van der Waals surface area contributed by atoms with Gasteiger partial charge in [0.05, 0.1) is 17.2 Å². The number of nitrogens with one attached hydrogen (secondary N) is 1. The number of carbonyl (C=O) groups is 1. The summed E-state index contributed by atoms with van der Waals surface area (Å²) >= 11 is 2.83. The lowest BCUT2D eigenvalue weighted by molar-refractivity contribution is -0.120. The molecule has 0 saturated carbocycles. The summed E-state index contributed by atoms with van der Waals surface area (Å²) in [5.74, 6) is 0.427. The summed E-state index contributed by atoms with van der Waals surface area (Å²) in [7, 11) is 0. The molecular formula is C22H28N4O2S2. The number of nitrogens with zero attached hydrogens (tertiary/aromatic N) is 3. The van der Waals surface area contributed by atoms with Crippen LogP contribution in [0.5, 0.6) is 0 Å². The molecule has 2 atom stereocenters. The van der Waals surface area contributed by atoms with Crippen LogP contribution >= 0.6 is 23.1 Å². The number of hydrogen-bond acceptors (Lipinski definition) is 6. The molecule has 2 aromatic heterocycles. The summed E-state index contributed by atoms with van der Waals surface area (Å²) in [6, 6.07) is 2.18. The Hall–Kier alpha value is -2.11. The number of hydrogen-bond donors (Lipinski definition) is 1. The van der Waals surface area contributed by atoms with E-state index in [1.54, 1.807) is 28.9 Å². The van der Waals surface area contributed by atoms with Gasteiger partial charge in [0, 0.05) is 11.4 Å². The lowest BCUT2D eigenvalue weighted by Crippen LogP contribution is -2.49. The smallest absolute Gasteiger partial charge is 0.263 e. The van der Waals surface area contributed by atoms with E-state index in [1.165, 1.54) is 16.6 Å². The van der Waals surface area contributed by atoms with Crippen LogP contribution < -0.4 is 10.9 Å². The molecule has 6 nitrogen and oxygen atoms in total. The van der Waals surface area contributed by atoms with Gasteiger partial charge in [-0.25, -0.2) is 4.98 Å². The minimum absolute atomic E-state index is 0.0234. The second-order valence-electron chi connectivity index (χ2n) is 8.44. The second-order valence-corrected chi connectivity index (χ2v) is 10.5. The number of allylic oxidation sites excluding steroid dienone is 1. The Morgan fingerprint density at radius 2 is 2.30 bits per heavy atom. The quantitative estimate of drug-likeness (QED) is 0.397. The topological polar surface area (TPSA) is 87.8 Å². The molecule has 1 aliphatic rings. The molecule has 3 rings (SSSR count). The Kier molecular flexibility index (Phi) is 6.73. The number of carbonyl (C=O) groups excluding carboxylic acids is 1. The highest BCUT2D eigenvalue weighted by Gasteiger charge is 2.30. The summed E-state index contributed by atoms with van der Waals surface area (Å²) in [4.78, 5) is 32.6. The van der Waals surface area contributed by atoms with Crippen LogP contribution in [0.25, 0.3) is 10.2 Å². The zero-order valence-electron chi connectivity index (χ0n) is 17.9. The van der Waals surface area contributed by atoms with Crippen LogP contribution in [0.2, 0.25) is 0 Å². The van der Waals surface area contributed by atoms with E-state index >= 15 is 0 Å². The number of amides is 1. The third-order valence-electron chi connectivity index (χ3n) is 5.81. The Morgan fingerprint density at radius 3 is 2.93 bits per heavy atom.